The van der Waals surface area contributed by atoms with Crippen LogP contribution in [0.25, 0.3) is 0 Å². The molecule has 134 valence electrons. The Balaban J connectivity index is 1.84. The number of carbonyl (C=O) groups excluding carboxylic acids is 1. The first kappa shape index (κ1) is 18.6. The van der Waals surface area contributed by atoms with Crippen molar-refractivity contribution in [3.63, 3.8) is 0 Å². The lowest BCUT2D eigenvalue weighted by molar-refractivity contribution is -0.000633. The number of amides is 1. The molecule has 2 unspecified atom stereocenters. The van der Waals surface area contributed by atoms with Crippen molar-refractivity contribution < 1.29 is 14.3 Å². The van der Waals surface area contributed by atoms with Gasteiger partial charge in [-0.15, -0.1) is 0 Å². The molecule has 1 fully saturated rings. The Kier molecular flexibility index (Phi) is 6.54. The maximum absolute atomic E-state index is 12.4. The molecule has 6 nitrogen and oxygen atoms in total. The van der Waals surface area contributed by atoms with Gasteiger partial charge in [-0.3, -0.25) is 9.97 Å². The minimum atomic E-state index is -0.462. The first-order chi connectivity index (χ1) is 11.4. The Morgan fingerprint density at radius 1 is 1.38 bits per heavy atom. The largest absolute Gasteiger partial charge is 0.444 e. The molecule has 6 heteroatoms. The van der Waals surface area contributed by atoms with E-state index in [2.05, 4.69) is 9.97 Å². The van der Waals surface area contributed by atoms with Crippen LogP contribution in [-0.4, -0.2) is 45.8 Å². The van der Waals surface area contributed by atoms with Gasteiger partial charge in [0.15, 0.2) is 0 Å². The molecule has 2 heterocycles. The zero-order valence-corrected chi connectivity index (χ0v) is 15.2. The smallest absolute Gasteiger partial charge is 0.410 e. The summed E-state index contributed by atoms with van der Waals surface area (Å²) in [4.78, 5) is 22.6. The maximum Gasteiger partial charge on any atom is 0.410 e. The number of carbonyl (C=O) groups is 1. The third-order valence-electron chi connectivity index (χ3n) is 4.07. The van der Waals surface area contributed by atoms with Gasteiger partial charge in [-0.25, -0.2) is 4.79 Å². The van der Waals surface area contributed by atoms with Crippen LogP contribution in [0.5, 0.6) is 0 Å². The van der Waals surface area contributed by atoms with E-state index >= 15 is 0 Å². The average molecular weight is 335 g/mol. The molecule has 2 atom stereocenters. The van der Waals surface area contributed by atoms with Crippen molar-refractivity contribution in [2.75, 3.05) is 13.2 Å². The molecule has 2 rings (SSSR count). The van der Waals surface area contributed by atoms with Gasteiger partial charge in [-0.2, -0.15) is 0 Å². The van der Waals surface area contributed by atoms with E-state index in [1.165, 1.54) is 0 Å². The number of hydrogen-bond donors (Lipinski definition) is 0. The van der Waals surface area contributed by atoms with Gasteiger partial charge in [0, 0.05) is 31.6 Å². The molecule has 1 aromatic heterocycles. The molecule has 1 saturated heterocycles. The molecular weight excluding hydrogens is 306 g/mol. The first-order valence-corrected chi connectivity index (χ1v) is 8.74. The van der Waals surface area contributed by atoms with Crippen LogP contribution >= 0.6 is 0 Å². The van der Waals surface area contributed by atoms with E-state index in [0.717, 1.165) is 37.9 Å². The maximum atomic E-state index is 12.4. The van der Waals surface area contributed by atoms with Gasteiger partial charge in [-0.1, -0.05) is 0 Å². The first-order valence-electron chi connectivity index (χ1n) is 8.74. The van der Waals surface area contributed by atoms with Crippen molar-refractivity contribution in [1.29, 1.82) is 0 Å². The second-order valence-electron chi connectivity index (χ2n) is 7.26. The Bertz CT molecular complexity index is 516. The fourth-order valence-electron chi connectivity index (χ4n) is 2.85. The third kappa shape index (κ3) is 5.74. The Labute approximate surface area is 144 Å². The molecule has 1 aliphatic rings. The molecule has 0 radical (unpaired) electrons. The lowest BCUT2D eigenvalue weighted by Crippen LogP contribution is -2.46. The Morgan fingerprint density at radius 2 is 2.17 bits per heavy atom. The highest BCUT2D eigenvalue weighted by molar-refractivity contribution is 5.68. The predicted molar refractivity (Wildman–Crippen MR) is 91.6 cm³/mol. The molecule has 0 saturated carbocycles. The van der Waals surface area contributed by atoms with Crippen LogP contribution in [0.15, 0.2) is 18.6 Å². The molecule has 0 aromatic carbocycles. The number of likely N-dealkylation sites (tertiary alicyclic amines) is 1. The summed E-state index contributed by atoms with van der Waals surface area (Å²) >= 11 is 0. The monoisotopic (exact) mass is 335 g/mol. The van der Waals surface area contributed by atoms with Gasteiger partial charge in [0.25, 0.3) is 0 Å². The van der Waals surface area contributed by atoms with Crippen molar-refractivity contribution >= 4 is 6.09 Å². The summed E-state index contributed by atoms with van der Waals surface area (Å²) in [6.07, 6.45) is 8.71. The van der Waals surface area contributed by atoms with Crippen LogP contribution in [0.1, 0.15) is 65.2 Å². The quantitative estimate of drug-likeness (QED) is 0.820. The summed E-state index contributed by atoms with van der Waals surface area (Å²) in [6, 6.07) is 0.183. The summed E-state index contributed by atoms with van der Waals surface area (Å²) in [5.74, 6) is 0. The predicted octanol–water partition coefficient (Wildman–Crippen LogP) is 3.73. The molecule has 0 N–H and O–H groups in total. The average Bonchev–Trinajstić information content (AvgIpc) is 2.54. The van der Waals surface area contributed by atoms with Crippen molar-refractivity contribution in [1.82, 2.24) is 14.9 Å². The second-order valence-corrected chi connectivity index (χ2v) is 7.26. The van der Waals surface area contributed by atoms with Crippen molar-refractivity contribution in [3.8, 4) is 0 Å². The fraction of sp³-hybridized carbons (Fsp3) is 0.722. The molecule has 24 heavy (non-hydrogen) atoms. The minimum absolute atomic E-state index is 0.0998. The number of piperidine rings is 1. The van der Waals surface area contributed by atoms with Gasteiger partial charge in [-0.05, 0) is 53.4 Å². The summed E-state index contributed by atoms with van der Waals surface area (Å²) in [5.41, 5.74) is 0.362. The van der Waals surface area contributed by atoms with E-state index in [4.69, 9.17) is 9.47 Å². The van der Waals surface area contributed by atoms with E-state index in [9.17, 15) is 4.79 Å². The lowest BCUT2D eigenvalue weighted by atomic mass is 10.0. The zero-order chi connectivity index (χ0) is 17.6. The van der Waals surface area contributed by atoms with Gasteiger partial charge in [0.2, 0.25) is 0 Å². The highest BCUT2D eigenvalue weighted by Gasteiger charge is 2.30. The van der Waals surface area contributed by atoms with Crippen molar-refractivity contribution in [3.05, 3.63) is 24.3 Å². The molecule has 1 aliphatic heterocycles. The fourth-order valence-corrected chi connectivity index (χ4v) is 2.85. The van der Waals surface area contributed by atoms with Crippen molar-refractivity contribution in [2.24, 2.45) is 0 Å². The number of nitrogens with zero attached hydrogens (tertiary/aromatic N) is 3. The molecule has 0 bridgehead atoms. The highest BCUT2D eigenvalue weighted by Crippen LogP contribution is 2.23. The van der Waals surface area contributed by atoms with Gasteiger partial charge < -0.3 is 14.4 Å². The van der Waals surface area contributed by atoms with Gasteiger partial charge >= 0.3 is 6.09 Å². The van der Waals surface area contributed by atoms with E-state index in [1.807, 2.05) is 32.6 Å². The minimum Gasteiger partial charge on any atom is -0.444 e. The van der Waals surface area contributed by atoms with Crippen LogP contribution in [0.2, 0.25) is 0 Å². The summed E-state index contributed by atoms with van der Waals surface area (Å²) in [5, 5.41) is 0. The van der Waals surface area contributed by atoms with Crippen LogP contribution < -0.4 is 0 Å². The summed E-state index contributed by atoms with van der Waals surface area (Å²) < 4.78 is 11.4. The number of rotatable bonds is 5. The molecule has 1 aromatic rings. The number of aromatic nitrogens is 2. The van der Waals surface area contributed by atoms with Crippen molar-refractivity contribution in [2.45, 2.75) is 71.1 Å². The SMILES string of the molecule is CC(OCCC1CCCCN1C(=O)OC(C)(C)C)c1cnccn1. The van der Waals surface area contributed by atoms with Gasteiger partial charge in [0.05, 0.1) is 18.0 Å². The van der Waals surface area contributed by atoms with E-state index < -0.39 is 5.60 Å². The Morgan fingerprint density at radius 3 is 2.83 bits per heavy atom. The standard InChI is InChI=1S/C18H29N3O3/c1-14(16-13-19-9-10-20-16)23-12-8-15-7-5-6-11-21(15)17(22)24-18(2,3)4/h9-10,13-15H,5-8,11-12H2,1-4H3. The molecule has 0 spiro atoms. The van der Waals surface area contributed by atoms with E-state index in [1.54, 1.807) is 18.6 Å². The third-order valence-corrected chi connectivity index (χ3v) is 4.07. The lowest BCUT2D eigenvalue weighted by Gasteiger charge is -2.36. The molecular formula is C18H29N3O3. The van der Waals surface area contributed by atoms with E-state index in [-0.39, 0.29) is 18.2 Å². The number of ether oxygens (including phenoxy) is 2. The number of hydrogen-bond acceptors (Lipinski definition) is 5. The topological polar surface area (TPSA) is 64.5 Å². The molecule has 1 amide bonds. The zero-order valence-electron chi connectivity index (χ0n) is 15.2. The van der Waals surface area contributed by atoms with Crippen LogP contribution in [-0.2, 0) is 9.47 Å². The highest BCUT2D eigenvalue weighted by atomic mass is 16.6. The molecule has 0 aliphatic carbocycles. The summed E-state index contributed by atoms with van der Waals surface area (Å²) in [6.45, 7) is 9.01. The van der Waals surface area contributed by atoms with Gasteiger partial charge in [0.1, 0.15) is 5.60 Å². The van der Waals surface area contributed by atoms with E-state index in [0.29, 0.717) is 6.61 Å². The van der Waals surface area contributed by atoms with Crippen LogP contribution in [0.3, 0.4) is 0 Å². The van der Waals surface area contributed by atoms with Crippen LogP contribution in [0.4, 0.5) is 4.79 Å². The normalized spacial score (nSPS) is 19.8. The van der Waals surface area contributed by atoms with Crippen LogP contribution in [0, 0.1) is 0 Å². The summed E-state index contributed by atoms with van der Waals surface area (Å²) in [7, 11) is 0. The Hall–Kier alpha value is -1.69. The second kappa shape index (κ2) is 8.42.